The summed E-state index contributed by atoms with van der Waals surface area (Å²) in [7, 11) is 0. The van der Waals surface area contributed by atoms with Crippen LogP contribution in [0.2, 0.25) is 0 Å². The molecule has 0 unspecified atom stereocenters. The average molecular weight is 331 g/mol. The van der Waals surface area contributed by atoms with Crippen LogP contribution in [0.25, 0.3) is 0 Å². The standard InChI is InChI=1S/C18H25N3O3/c1-9-11(17(23)21-18(24)19-9)5-6-16(22)20-15-8-10-7-14(15)13-4-2-3-12(10)13/h10,12-15H,2-8H2,1H3,(H,20,22)(H2,19,21,23,24)/t10-,12+,13-,14+,15-/m1/s1. The Morgan fingerprint density at radius 1 is 1.12 bits per heavy atom. The molecule has 3 aliphatic rings. The van der Waals surface area contributed by atoms with Crippen molar-refractivity contribution in [3.8, 4) is 0 Å². The van der Waals surface area contributed by atoms with Crippen LogP contribution in [0.15, 0.2) is 9.59 Å². The minimum atomic E-state index is -0.501. The molecule has 3 N–H and O–H groups in total. The molecule has 1 heterocycles. The van der Waals surface area contributed by atoms with E-state index in [4.69, 9.17) is 0 Å². The van der Waals surface area contributed by atoms with Gasteiger partial charge in [-0.05, 0) is 62.7 Å². The summed E-state index contributed by atoms with van der Waals surface area (Å²) in [5.41, 5.74) is 0.149. The maximum Gasteiger partial charge on any atom is 0.325 e. The molecule has 0 aromatic carbocycles. The van der Waals surface area contributed by atoms with Crippen molar-refractivity contribution in [1.29, 1.82) is 0 Å². The lowest BCUT2D eigenvalue weighted by molar-refractivity contribution is -0.122. The molecule has 1 aromatic heterocycles. The topological polar surface area (TPSA) is 94.8 Å². The van der Waals surface area contributed by atoms with Crippen LogP contribution in [-0.2, 0) is 11.2 Å². The number of fused-ring (bicyclic) bond motifs is 5. The minimum Gasteiger partial charge on any atom is -0.353 e. The van der Waals surface area contributed by atoms with E-state index in [0.717, 1.165) is 24.2 Å². The van der Waals surface area contributed by atoms with Crippen molar-refractivity contribution < 1.29 is 4.79 Å². The van der Waals surface area contributed by atoms with Crippen LogP contribution in [0.5, 0.6) is 0 Å². The summed E-state index contributed by atoms with van der Waals surface area (Å²) in [5, 5.41) is 3.22. The lowest BCUT2D eigenvalue weighted by atomic mass is 9.79. The fraction of sp³-hybridized carbons (Fsp3) is 0.722. The number of aryl methyl sites for hydroxylation is 1. The van der Waals surface area contributed by atoms with Gasteiger partial charge < -0.3 is 10.3 Å². The summed E-state index contributed by atoms with van der Waals surface area (Å²) in [5.74, 6) is 3.26. The molecule has 3 saturated carbocycles. The number of carbonyl (C=O) groups excluding carboxylic acids is 1. The molecule has 0 aliphatic heterocycles. The second-order valence-corrected chi connectivity index (χ2v) is 7.84. The molecule has 0 spiro atoms. The van der Waals surface area contributed by atoms with Crippen LogP contribution in [0.4, 0.5) is 0 Å². The van der Waals surface area contributed by atoms with Crippen LogP contribution in [0.1, 0.15) is 49.8 Å². The van der Waals surface area contributed by atoms with Gasteiger partial charge >= 0.3 is 5.69 Å². The van der Waals surface area contributed by atoms with Gasteiger partial charge in [0, 0.05) is 23.7 Å². The van der Waals surface area contributed by atoms with Gasteiger partial charge in [-0.25, -0.2) is 4.79 Å². The molecule has 0 radical (unpaired) electrons. The Hall–Kier alpha value is -1.85. The minimum absolute atomic E-state index is 0.0205. The van der Waals surface area contributed by atoms with E-state index in [1.165, 1.54) is 25.7 Å². The molecule has 6 nitrogen and oxygen atoms in total. The summed E-state index contributed by atoms with van der Waals surface area (Å²) >= 11 is 0. The van der Waals surface area contributed by atoms with Crippen LogP contribution >= 0.6 is 0 Å². The van der Waals surface area contributed by atoms with Crippen molar-refractivity contribution in [2.75, 3.05) is 0 Å². The number of aromatic nitrogens is 2. The fourth-order valence-electron chi connectivity index (χ4n) is 5.68. The molecule has 1 aromatic rings. The first-order chi connectivity index (χ1) is 11.5. The Kier molecular flexibility index (Phi) is 3.85. The molecule has 24 heavy (non-hydrogen) atoms. The van der Waals surface area contributed by atoms with Gasteiger partial charge in [0.1, 0.15) is 0 Å². The van der Waals surface area contributed by atoms with Gasteiger partial charge in [-0.3, -0.25) is 14.6 Å². The number of hydrogen-bond acceptors (Lipinski definition) is 3. The lowest BCUT2D eigenvalue weighted by Crippen LogP contribution is -2.42. The third kappa shape index (κ3) is 2.62. The van der Waals surface area contributed by atoms with Crippen molar-refractivity contribution in [2.45, 2.75) is 57.9 Å². The van der Waals surface area contributed by atoms with E-state index in [0.29, 0.717) is 29.6 Å². The van der Waals surface area contributed by atoms with Gasteiger partial charge in [-0.2, -0.15) is 0 Å². The van der Waals surface area contributed by atoms with E-state index in [-0.39, 0.29) is 12.3 Å². The normalized spacial score (nSPS) is 33.6. The maximum atomic E-state index is 12.3. The molecule has 0 saturated heterocycles. The quantitative estimate of drug-likeness (QED) is 0.775. The van der Waals surface area contributed by atoms with Gasteiger partial charge in [-0.15, -0.1) is 0 Å². The molecular formula is C18H25N3O3. The number of hydrogen-bond donors (Lipinski definition) is 3. The smallest absolute Gasteiger partial charge is 0.325 e. The largest absolute Gasteiger partial charge is 0.353 e. The van der Waals surface area contributed by atoms with Gasteiger partial charge in [0.15, 0.2) is 0 Å². The van der Waals surface area contributed by atoms with Crippen LogP contribution in [-0.4, -0.2) is 21.9 Å². The van der Waals surface area contributed by atoms with Crippen LogP contribution in [0.3, 0.4) is 0 Å². The van der Waals surface area contributed by atoms with Crippen molar-refractivity contribution >= 4 is 5.91 Å². The highest BCUT2D eigenvalue weighted by Crippen LogP contribution is 2.58. The monoisotopic (exact) mass is 331 g/mol. The van der Waals surface area contributed by atoms with Gasteiger partial charge in [0.25, 0.3) is 5.56 Å². The predicted octanol–water partition coefficient (Wildman–Crippen LogP) is 1.25. The number of H-pyrrole nitrogens is 2. The molecule has 4 rings (SSSR count). The van der Waals surface area contributed by atoms with Crippen molar-refractivity contribution in [3.05, 3.63) is 32.1 Å². The number of aromatic amines is 2. The van der Waals surface area contributed by atoms with Crippen molar-refractivity contribution in [1.82, 2.24) is 15.3 Å². The van der Waals surface area contributed by atoms with Crippen molar-refractivity contribution in [2.24, 2.45) is 23.7 Å². The molecule has 3 aliphatic carbocycles. The number of amides is 1. The van der Waals surface area contributed by atoms with Gasteiger partial charge in [0.2, 0.25) is 5.91 Å². The zero-order chi connectivity index (χ0) is 16.8. The summed E-state index contributed by atoms with van der Waals surface area (Å²) in [6.07, 6.45) is 7.16. The van der Waals surface area contributed by atoms with Crippen molar-refractivity contribution in [3.63, 3.8) is 0 Å². The highest BCUT2D eigenvalue weighted by Gasteiger charge is 2.53. The Labute approximate surface area is 140 Å². The predicted molar refractivity (Wildman–Crippen MR) is 89.7 cm³/mol. The third-order valence-corrected chi connectivity index (χ3v) is 6.63. The molecular weight excluding hydrogens is 306 g/mol. The average Bonchev–Trinajstić information content (AvgIpc) is 3.18. The Balaban J connectivity index is 1.35. The van der Waals surface area contributed by atoms with E-state index in [1.54, 1.807) is 6.92 Å². The maximum absolute atomic E-state index is 12.3. The zero-order valence-corrected chi connectivity index (χ0v) is 14.1. The van der Waals surface area contributed by atoms with E-state index in [2.05, 4.69) is 15.3 Å². The Bertz CT molecular complexity index is 766. The zero-order valence-electron chi connectivity index (χ0n) is 14.1. The first-order valence-corrected chi connectivity index (χ1v) is 9.14. The SMILES string of the molecule is Cc1[nH]c(=O)[nH]c(=O)c1CCC(=O)N[C@@H]1C[C@H]2C[C@H]1[C@@H]1CCC[C@@H]21. The second kappa shape index (κ2) is 5.90. The molecule has 3 fully saturated rings. The van der Waals surface area contributed by atoms with Gasteiger partial charge in [0.05, 0.1) is 0 Å². The lowest BCUT2D eigenvalue weighted by Gasteiger charge is -2.32. The van der Waals surface area contributed by atoms with Crippen LogP contribution < -0.4 is 16.6 Å². The van der Waals surface area contributed by atoms with E-state index >= 15 is 0 Å². The molecule has 130 valence electrons. The van der Waals surface area contributed by atoms with E-state index < -0.39 is 11.2 Å². The van der Waals surface area contributed by atoms with E-state index in [1.807, 2.05) is 0 Å². The molecule has 2 bridgehead atoms. The fourth-order valence-corrected chi connectivity index (χ4v) is 5.68. The second-order valence-electron chi connectivity index (χ2n) is 7.84. The number of rotatable bonds is 4. The Morgan fingerprint density at radius 2 is 1.92 bits per heavy atom. The highest BCUT2D eigenvalue weighted by molar-refractivity contribution is 5.76. The molecule has 5 atom stereocenters. The number of carbonyl (C=O) groups is 1. The summed E-state index contributed by atoms with van der Waals surface area (Å²) in [4.78, 5) is 40.2. The van der Waals surface area contributed by atoms with Crippen LogP contribution in [0, 0.1) is 30.6 Å². The summed E-state index contributed by atoms with van der Waals surface area (Å²) in [6.45, 7) is 1.69. The summed E-state index contributed by atoms with van der Waals surface area (Å²) in [6, 6.07) is 0.330. The summed E-state index contributed by atoms with van der Waals surface area (Å²) < 4.78 is 0. The van der Waals surface area contributed by atoms with Gasteiger partial charge in [-0.1, -0.05) is 6.42 Å². The van der Waals surface area contributed by atoms with E-state index in [9.17, 15) is 14.4 Å². The first kappa shape index (κ1) is 15.7. The molecule has 6 heteroatoms. The number of nitrogens with one attached hydrogen (secondary N) is 3. The third-order valence-electron chi connectivity index (χ3n) is 6.63. The molecule has 1 amide bonds. The Morgan fingerprint density at radius 3 is 2.71 bits per heavy atom. The first-order valence-electron chi connectivity index (χ1n) is 9.14. The highest BCUT2D eigenvalue weighted by atomic mass is 16.2.